The highest BCUT2D eigenvalue weighted by Crippen LogP contribution is 2.33. The van der Waals surface area contributed by atoms with Gasteiger partial charge in [0.1, 0.15) is 36.6 Å². The Kier molecular flexibility index (Phi) is 11.1. The minimum absolute atomic E-state index is 1.12. The van der Waals surface area contributed by atoms with Gasteiger partial charge in [-0.15, -0.1) is 0 Å². The van der Waals surface area contributed by atoms with E-state index in [4.69, 9.17) is 32.4 Å². The molecule has 2 aliphatic rings. The van der Waals surface area contributed by atoms with Crippen molar-refractivity contribution >= 4 is 41.6 Å². The van der Waals surface area contributed by atoms with E-state index in [1.54, 1.807) is 0 Å². The normalized spacial score (nSPS) is 37.0. The number of aliphatic hydroxyl groups excluding tert-OH is 4. The highest BCUT2D eigenvalue weighted by atomic mass is 32.3. The zero-order chi connectivity index (χ0) is 30.1. The maximum atomic E-state index is 11.5. The maximum absolute atomic E-state index is 11.5. The van der Waals surface area contributed by atoms with E-state index in [9.17, 15) is 54.1 Å². The van der Waals surface area contributed by atoms with Crippen molar-refractivity contribution in [1.29, 1.82) is 0 Å². The smallest absolute Gasteiger partial charge is 0.394 e. The zero-order valence-electron chi connectivity index (χ0n) is 18.5. The van der Waals surface area contributed by atoms with Crippen LogP contribution in [0.15, 0.2) is 0 Å². The SMILES string of the molecule is O=S(=O)(O)OC[C@H]1O[C@@H](O)[C@H](OS(=O)(=O)O)[C@@H](OS(=O)(=O)O)[C@@H]1O[C@H]1O[C@H](CO)[C@H](O)[C@H](O)[C@H]1OS(=O)(=O)O. The molecule has 0 aliphatic carbocycles. The summed E-state index contributed by atoms with van der Waals surface area (Å²) in [4.78, 5) is 0. The molecule has 0 radical (unpaired) electrons. The average molecular weight is 663 g/mol. The molecular weight excluding hydrogens is 640 g/mol. The first-order chi connectivity index (χ1) is 17.5. The molecule has 8 N–H and O–H groups in total. The summed E-state index contributed by atoms with van der Waals surface area (Å²) in [6.45, 7) is -2.57. The molecule has 0 bridgehead atoms. The third kappa shape index (κ3) is 10.5. The molecule has 0 amide bonds. The Bertz CT molecular complexity index is 1260. The van der Waals surface area contributed by atoms with Gasteiger partial charge in [-0.2, -0.15) is 33.7 Å². The molecule has 39 heavy (non-hydrogen) atoms. The Balaban J connectivity index is 2.62. The summed E-state index contributed by atoms with van der Waals surface area (Å²) in [6.07, 6.45) is -24.2. The van der Waals surface area contributed by atoms with Gasteiger partial charge in [0, 0.05) is 0 Å². The fourth-order valence-corrected chi connectivity index (χ4v) is 5.18. The summed E-state index contributed by atoms with van der Waals surface area (Å²) in [5.74, 6) is 0. The predicted octanol–water partition coefficient (Wildman–Crippen LogP) is -6.09. The fraction of sp³-hybridized carbons (Fsp3) is 1.00. The van der Waals surface area contributed by atoms with Crippen LogP contribution in [0.1, 0.15) is 0 Å². The Morgan fingerprint density at radius 2 is 1.08 bits per heavy atom. The summed E-state index contributed by atoms with van der Waals surface area (Å²) in [6, 6.07) is 0. The highest BCUT2D eigenvalue weighted by Gasteiger charge is 2.55. The van der Waals surface area contributed by atoms with Crippen molar-refractivity contribution in [2.75, 3.05) is 13.2 Å². The van der Waals surface area contributed by atoms with Gasteiger partial charge in [0.15, 0.2) is 24.8 Å². The van der Waals surface area contributed by atoms with Gasteiger partial charge >= 0.3 is 41.6 Å². The van der Waals surface area contributed by atoms with Crippen LogP contribution in [0.5, 0.6) is 0 Å². The molecular formula is C12H22O23S4. The Morgan fingerprint density at radius 1 is 0.590 bits per heavy atom. The maximum Gasteiger partial charge on any atom is 0.397 e. The van der Waals surface area contributed by atoms with Crippen molar-refractivity contribution in [3.05, 3.63) is 0 Å². The predicted molar refractivity (Wildman–Crippen MR) is 110 cm³/mol. The topological polar surface area (TPSA) is 363 Å². The van der Waals surface area contributed by atoms with Crippen LogP contribution in [-0.4, -0.2) is 147 Å². The first-order valence-electron chi connectivity index (χ1n) is 9.71. The standard InChI is InChI=1S/C12H22O23S4/c13-1-3-5(14)6(15)8(33-37(20,21)22)12(31-3)32-7-4(2-29-36(17,18)19)30-11(16)10(35-39(26,27)28)9(7)34-38(23,24)25/h3-16H,1-2H2,(H,17,18,19)(H,20,21,22)(H,23,24,25)(H,26,27,28)/t3-,4-,5+,6+,7-,8-,9+,10-,11-,12-/m1/s1. The molecule has 2 heterocycles. The van der Waals surface area contributed by atoms with Crippen molar-refractivity contribution in [3.63, 3.8) is 0 Å². The first kappa shape index (κ1) is 34.4. The van der Waals surface area contributed by atoms with E-state index < -0.39 is 116 Å². The van der Waals surface area contributed by atoms with Crippen LogP contribution >= 0.6 is 0 Å². The molecule has 0 aromatic rings. The van der Waals surface area contributed by atoms with Gasteiger partial charge in [0.05, 0.1) is 13.2 Å². The minimum Gasteiger partial charge on any atom is -0.394 e. The molecule has 2 fully saturated rings. The Morgan fingerprint density at radius 3 is 1.54 bits per heavy atom. The lowest BCUT2D eigenvalue weighted by atomic mass is 9.97. The molecule has 0 saturated carbocycles. The van der Waals surface area contributed by atoms with Crippen LogP contribution in [0.3, 0.4) is 0 Å². The van der Waals surface area contributed by atoms with Crippen LogP contribution < -0.4 is 0 Å². The molecule has 232 valence electrons. The second-order valence-electron chi connectivity index (χ2n) is 7.55. The molecule has 27 heteroatoms. The number of ether oxygens (including phenoxy) is 3. The average Bonchev–Trinajstić information content (AvgIpc) is 2.73. The summed E-state index contributed by atoms with van der Waals surface area (Å²) in [7, 11) is -22.2. The number of hydrogen-bond donors (Lipinski definition) is 8. The fourth-order valence-electron chi connectivity index (χ4n) is 3.40. The molecule has 23 nitrogen and oxygen atoms in total. The lowest BCUT2D eigenvalue weighted by Crippen LogP contribution is -2.66. The van der Waals surface area contributed by atoms with E-state index in [1.165, 1.54) is 0 Å². The first-order valence-corrected chi connectivity index (χ1v) is 15.2. The summed E-state index contributed by atoms with van der Waals surface area (Å²) in [5.41, 5.74) is 0. The third-order valence-corrected chi connectivity index (χ3v) is 6.63. The number of aliphatic hydroxyl groups is 4. The summed E-state index contributed by atoms with van der Waals surface area (Å²) < 4.78 is 158. The minimum atomic E-state index is -5.70. The van der Waals surface area contributed by atoms with E-state index >= 15 is 0 Å². The van der Waals surface area contributed by atoms with Crippen LogP contribution in [0.25, 0.3) is 0 Å². The van der Waals surface area contributed by atoms with Crippen molar-refractivity contribution in [1.82, 2.24) is 0 Å². The van der Waals surface area contributed by atoms with Crippen molar-refractivity contribution in [2.45, 2.75) is 61.4 Å². The van der Waals surface area contributed by atoms with E-state index in [1.807, 2.05) is 0 Å². The summed E-state index contributed by atoms with van der Waals surface area (Å²) in [5, 5.41) is 39.7. The molecule has 0 unspecified atom stereocenters. The van der Waals surface area contributed by atoms with Crippen LogP contribution in [0, 0.1) is 0 Å². The molecule has 2 aliphatic heterocycles. The second-order valence-corrected chi connectivity index (χ2v) is 11.8. The molecule has 0 spiro atoms. The van der Waals surface area contributed by atoms with Gasteiger partial charge in [0.25, 0.3) is 0 Å². The third-order valence-electron chi connectivity index (χ3n) is 4.80. The van der Waals surface area contributed by atoms with Crippen LogP contribution in [0.4, 0.5) is 0 Å². The highest BCUT2D eigenvalue weighted by molar-refractivity contribution is 7.81. The van der Waals surface area contributed by atoms with E-state index in [0.29, 0.717) is 0 Å². The zero-order valence-corrected chi connectivity index (χ0v) is 21.8. The van der Waals surface area contributed by atoms with E-state index in [-0.39, 0.29) is 0 Å². The largest absolute Gasteiger partial charge is 0.397 e. The molecule has 2 rings (SSSR count). The van der Waals surface area contributed by atoms with Crippen molar-refractivity contribution < 1.29 is 103 Å². The lowest BCUT2D eigenvalue weighted by molar-refractivity contribution is -0.347. The lowest BCUT2D eigenvalue weighted by Gasteiger charge is -2.46. The number of hydrogen-bond acceptors (Lipinski definition) is 19. The van der Waals surface area contributed by atoms with E-state index in [0.717, 1.165) is 0 Å². The molecule has 0 aromatic heterocycles. The van der Waals surface area contributed by atoms with Gasteiger partial charge in [0.2, 0.25) is 0 Å². The van der Waals surface area contributed by atoms with Crippen molar-refractivity contribution in [2.24, 2.45) is 0 Å². The van der Waals surface area contributed by atoms with Crippen LogP contribution in [0.2, 0.25) is 0 Å². The van der Waals surface area contributed by atoms with Crippen LogP contribution in [-0.2, 0) is 72.5 Å². The molecule has 2 saturated heterocycles. The Hall–Kier alpha value is -0.800. The Labute approximate surface area is 219 Å². The molecule has 0 aromatic carbocycles. The van der Waals surface area contributed by atoms with Gasteiger partial charge in [-0.05, 0) is 0 Å². The summed E-state index contributed by atoms with van der Waals surface area (Å²) >= 11 is 0. The van der Waals surface area contributed by atoms with Crippen molar-refractivity contribution in [3.8, 4) is 0 Å². The van der Waals surface area contributed by atoms with Gasteiger partial charge in [-0.3, -0.25) is 18.2 Å². The molecule has 10 atom stereocenters. The monoisotopic (exact) mass is 662 g/mol. The van der Waals surface area contributed by atoms with Gasteiger partial charge in [-0.1, -0.05) is 0 Å². The second kappa shape index (κ2) is 12.6. The van der Waals surface area contributed by atoms with E-state index in [2.05, 4.69) is 16.7 Å². The van der Waals surface area contributed by atoms with Gasteiger partial charge in [-0.25, -0.2) is 16.7 Å². The number of rotatable bonds is 12. The quantitative estimate of drug-likeness (QED) is 0.0901. The van der Waals surface area contributed by atoms with Gasteiger partial charge < -0.3 is 34.6 Å².